The highest BCUT2D eigenvalue weighted by Gasteiger charge is 2.12. The fraction of sp³-hybridized carbons (Fsp3) is 0.850. The molecule has 0 aromatic heterocycles. The Labute approximate surface area is 327 Å². The van der Waals surface area contributed by atoms with E-state index < -0.39 is 12.0 Å². The van der Waals surface area contributed by atoms with Crippen LogP contribution < -0.4 is 32.2 Å². The maximum absolute atomic E-state index is 12.3. The van der Waals surface area contributed by atoms with Gasteiger partial charge in [-0.3, -0.25) is 24.0 Å². The number of aliphatic carboxylic acids is 1. The van der Waals surface area contributed by atoms with Gasteiger partial charge in [0.1, 0.15) is 6.29 Å². The van der Waals surface area contributed by atoms with Crippen LogP contribution >= 0.6 is 0 Å². The van der Waals surface area contributed by atoms with Gasteiger partial charge in [0.05, 0.1) is 12.1 Å². The van der Waals surface area contributed by atoms with E-state index in [0.717, 1.165) is 89.8 Å². The first-order valence-electron chi connectivity index (χ1n) is 21.2. The van der Waals surface area contributed by atoms with Gasteiger partial charge in [0, 0.05) is 51.9 Å². The number of rotatable bonds is 40. The van der Waals surface area contributed by atoms with Crippen LogP contribution in [-0.4, -0.2) is 87.2 Å². The molecule has 310 valence electrons. The van der Waals surface area contributed by atoms with E-state index in [2.05, 4.69) is 26.5 Å². The summed E-state index contributed by atoms with van der Waals surface area (Å²) in [5, 5.41) is 22.6. The Hall–Kier alpha value is -3.00. The molecule has 54 heavy (non-hydrogen) atoms. The van der Waals surface area contributed by atoms with E-state index in [1.807, 2.05) is 0 Å². The first-order chi connectivity index (χ1) is 26.2. The van der Waals surface area contributed by atoms with Crippen LogP contribution in [0.2, 0.25) is 0 Å². The van der Waals surface area contributed by atoms with E-state index in [1.54, 1.807) is 0 Å². The molecule has 0 saturated heterocycles. The number of carboxylic acid groups (broad SMARTS) is 1. The third kappa shape index (κ3) is 36.0. The Morgan fingerprint density at radius 1 is 0.481 bits per heavy atom. The van der Waals surface area contributed by atoms with Crippen molar-refractivity contribution in [2.75, 3.05) is 26.2 Å². The molecule has 0 fully saturated rings. The predicted molar refractivity (Wildman–Crippen MR) is 216 cm³/mol. The Balaban J connectivity index is 3.51. The maximum Gasteiger partial charge on any atom is 0.303 e. The average molecular weight is 763 g/mol. The third-order valence-electron chi connectivity index (χ3n) is 9.57. The standard InChI is InChI=1S/C40H75BN6O7/c41-47-34(33-48)23-17-20-29-43-36(49)26-15-13-19-31-46-40(54)35(42)24-18-21-30-44-38(51)27-22-32-45-37(50)25-14-11-9-7-5-3-1-2-4-6-8-10-12-16-28-39(52)53/h33-35,47H,1-32,42H2,(H,43,49)(H,44,51)(H,45,50)(H,46,54)(H,52,53)/t34-,35-/m0/s1. The largest absolute Gasteiger partial charge is 0.481 e. The van der Waals surface area contributed by atoms with E-state index in [1.165, 1.54) is 51.4 Å². The van der Waals surface area contributed by atoms with Crippen LogP contribution in [0.3, 0.4) is 0 Å². The highest BCUT2D eigenvalue weighted by molar-refractivity contribution is 6.05. The van der Waals surface area contributed by atoms with Gasteiger partial charge in [-0.25, -0.2) is 0 Å². The predicted octanol–water partition coefficient (Wildman–Crippen LogP) is 5.03. The molecule has 0 rings (SSSR count). The van der Waals surface area contributed by atoms with Crippen molar-refractivity contribution >= 4 is 43.9 Å². The Morgan fingerprint density at radius 3 is 1.28 bits per heavy atom. The number of aldehydes is 1. The monoisotopic (exact) mass is 763 g/mol. The minimum Gasteiger partial charge on any atom is -0.481 e. The van der Waals surface area contributed by atoms with Crippen LogP contribution in [0, 0.1) is 0 Å². The minimum atomic E-state index is -0.694. The van der Waals surface area contributed by atoms with Crippen molar-refractivity contribution in [3.63, 3.8) is 0 Å². The molecule has 2 radical (unpaired) electrons. The van der Waals surface area contributed by atoms with Gasteiger partial charge < -0.3 is 42.1 Å². The molecule has 0 saturated carbocycles. The lowest BCUT2D eigenvalue weighted by Crippen LogP contribution is -2.41. The smallest absolute Gasteiger partial charge is 0.303 e. The molecule has 0 aliphatic heterocycles. The Morgan fingerprint density at radius 2 is 0.833 bits per heavy atom. The van der Waals surface area contributed by atoms with Gasteiger partial charge in [0.2, 0.25) is 23.6 Å². The highest BCUT2D eigenvalue weighted by Crippen LogP contribution is 2.14. The first-order valence-corrected chi connectivity index (χ1v) is 21.2. The molecule has 0 aliphatic carbocycles. The molecule has 0 aromatic carbocycles. The number of hydrogen-bond acceptors (Lipinski definition) is 8. The number of carbonyl (C=O) groups is 6. The number of unbranched alkanes of at least 4 members (excludes halogenated alkanes) is 17. The average Bonchev–Trinajstić information content (AvgIpc) is 3.15. The number of carbonyl (C=O) groups excluding carboxylic acids is 5. The Kier molecular flexibility index (Phi) is 36.2. The summed E-state index contributed by atoms with van der Waals surface area (Å²) in [6.07, 6.45) is 25.7. The van der Waals surface area contributed by atoms with E-state index in [9.17, 15) is 28.8 Å². The van der Waals surface area contributed by atoms with Gasteiger partial charge >= 0.3 is 5.97 Å². The molecule has 0 bridgehead atoms. The second kappa shape index (κ2) is 38.3. The van der Waals surface area contributed by atoms with Crippen molar-refractivity contribution in [1.29, 1.82) is 0 Å². The van der Waals surface area contributed by atoms with Crippen molar-refractivity contribution in [1.82, 2.24) is 26.5 Å². The molecule has 8 N–H and O–H groups in total. The highest BCUT2D eigenvalue weighted by atomic mass is 16.4. The minimum absolute atomic E-state index is 0.00330. The van der Waals surface area contributed by atoms with Gasteiger partial charge in [-0.2, -0.15) is 0 Å². The van der Waals surface area contributed by atoms with E-state index in [-0.39, 0.29) is 29.7 Å². The summed E-state index contributed by atoms with van der Waals surface area (Å²) in [6.45, 7) is 2.11. The number of nitrogens with one attached hydrogen (secondary N) is 5. The van der Waals surface area contributed by atoms with Crippen LogP contribution in [0.5, 0.6) is 0 Å². The number of nitrogens with two attached hydrogens (primary N) is 1. The zero-order valence-corrected chi connectivity index (χ0v) is 33.4. The zero-order valence-electron chi connectivity index (χ0n) is 33.4. The van der Waals surface area contributed by atoms with Crippen LogP contribution in [0.4, 0.5) is 0 Å². The van der Waals surface area contributed by atoms with Gasteiger partial charge in [-0.15, -0.1) is 0 Å². The molecule has 14 heteroatoms. The molecule has 0 aliphatic rings. The van der Waals surface area contributed by atoms with Gasteiger partial charge in [-0.1, -0.05) is 83.5 Å². The molecule has 0 unspecified atom stereocenters. The summed E-state index contributed by atoms with van der Waals surface area (Å²) < 4.78 is 0. The van der Waals surface area contributed by atoms with Gasteiger partial charge in [-0.05, 0) is 70.6 Å². The summed E-state index contributed by atoms with van der Waals surface area (Å²) in [5.41, 5.74) is 6.02. The molecule has 2 atom stereocenters. The fourth-order valence-corrected chi connectivity index (χ4v) is 6.11. The summed E-state index contributed by atoms with van der Waals surface area (Å²) in [5.74, 6) is -0.869. The third-order valence-corrected chi connectivity index (χ3v) is 9.57. The Bertz CT molecular complexity index is 990. The van der Waals surface area contributed by atoms with Gasteiger partial charge in [0.15, 0.2) is 7.98 Å². The number of amides is 4. The lowest BCUT2D eigenvalue weighted by molar-refractivity contribution is -0.137. The second-order valence-corrected chi connectivity index (χ2v) is 14.6. The normalized spacial score (nSPS) is 12.1. The van der Waals surface area contributed by atoms with Crippen molar-refractivity contribution in [3.05, 3.63) is 0 Å². The summed E-state index contributed by atoms with van der Waals surface area (Å²) in [6, 6.07) is -0.938. The molecule has 4 amide bonds. The van der Waals surface area contributed by atoms with Crippen molar-refractivity contribution in [3.8, 4) is 0 Å². The van der Waals surface area contributed by atoms with Crippen LogP contribution in [0.25, 0.3) is 0 Å². The molecule has 0 spiro atoms. The molecule has 0 aromatic rings. The van der Waals surface area contributed by atoms with Crippen LogP contribution in [0.1, 0.15) is 180 Å². The summed E-state index contributed by atoms with van der Waals surface area (Å²) in [7, 11) is 5.25. The van der Waals surface area contributed by atoms with Crippen molar-refractivity contribution < 1.29 is 33.9 Å². The fourth-order valence-electron chi connectivity index (χ4n) is 6.11. The van der Waals surface area contributed by atoms with Crippen LogP contribution in [-0.2, 0) is 28.8 Å². The molecular weight excluding hydrogens is 687 g/mol. The number of carboxylic acids is 1. The molecule has 13 nitrogen and oxygen atoms in total. The lowest BCUT2D eigenvalue weighted by atomic mass is 10.0. The van der Waals surface area contributed by atoms with Crippen molar-refractivity contribution in [2.24, 2.45) is 5.73 Å². The van der Waals surface area contributed by atoms with E-state index in [4.69, 9.17) is 18.8 Å². The van der Waals surface area contributed by atoms with Crippen LogP contribution in [0.15, 0.2) is 0 Å². The second-order valence-electron chi connectivity index (χ2n) is 14.6. The van der Waals surface area contributed by atoms with Gasteiger partial charge in [0.25, 0.3) is 0 Å². The van der Waals surface area contributed by atoms with E-state index in [0.29, 0.717) is 71.1 Å². The summed E-state index contributed by atoms with van der Waals surface area (Å²) >= 11 is 0. The summed E-state index contributed by atoms with van der Waals surface area (Å²) in [4.78, 5) is 69.6. The molecule has 0 heterocycles. The van der Waals surface area contributed by atoms with E-state index >= 15 is 0 Å². The quantitative estimate of drug-likeness (QED) is 0.0254. The zero-order chi connectivity index (χ0) is 39.9. The lowest BCUT2D eigenvalue weighted by Gasteiger charge is -2.12. The molecular formula is C40H75BN6O7. The van der Waals surface area contributed by atoms with Crippen molar-refractivity contribution in [2.45, 2.75) is 192 Å². The SMILES string of the molecule is [B]N[C@H](C=O)CCCCNC(=O)CCCCCNC(=O)[C@@H](N)CCCCNC(=O)CCCNC(=O)CCCCCCCCCCCCCCCCC(=O)O. The maximum atomic E-state index is 12.3. The topological polar surface area (TPSA) is 209 Å². The number of hydrogen-bond donors (Lipinski definition) is 7. The first kappa shape index (κ1) is 51.0.